The molecule has 8 nitrogen and oxygen atoms in total. The average Bonchev–Trinajstić information content (AvgIpc) is 3.48. The Labute approximate surface area is 196 Å². The van der Waals surface area contributed by atoms with Gasteiger partial charge in [0, 0.05) is 36.6 Å². The number of benzene rings is 1. The monoisotopic (exact) mass is 486 g/mol. The smallest absolute Gasteiger partial charge is 0.262 e. The highest BCUT2D eigenvalue weighted by atomic mass is 32.2. The number of nitrogens with zero attached hydrogens (tertiary/aromatic N) is 3. The van der Waals surface area contributed by atoms with Crippen molar-refractivity contribution < 1.29 is 13.2 Å². The lowest BCUT2D eigenvalue weighted by Gasteiger charge is -2.16. The van der Waals surface area contributed by atoms with E-state index in [1.54, 1.807) is 29.5 Å². The molecule has 1 saturated heterocycles. The van der Waals surface area contributed by atoms with Crippen molar-refractivity contribution in [2.24, 2.45) is 0 Å². The molecule has 0 spiro atoms. The summed E-state index contributed by atoms with van der Waals surface area (Å²) in [6.07, 6.45) is 7.48. The molecule has 5 rings (SSSR count). The van der Waals surface area contributed by atoms with Gasteiger partial charge in [-0.25, -0.2) is 13.4 Å². The van der Waals surface area contributed by atoms with Gasteiger partial charge in [0.15, 0.2) is 0 Å². The number of amides is 1. The number of carbonyl (C=O) groups is 1. The van der Waals surface area contributed by atoms with Gasteiger partial charge < -0.3 is 5.32 Å². The molecule has 0 bridgehead atoms. The van der Waals surface area contributed by atoms with Gasteiger partial charge in [-0.1, -0.05) is 6.07 Å². The molecule has 1 aliphatic heterocycles. The molecule has 1 N–H and O–H groups in total. The quantitative estimate of drug-likeness (QED) is 0.577. The van der Waals surface area contributed by atoms with E-state index >= 15 is 0 Å². The largest absolute Gasteiger partial charge is 0.326 e. The molecule has 1 aliphatic carbocycles. The zero-order valence-corrected chi connectivity index (χ0v) is 19.9. The maximum absolute atomic E-state index is 13.0. The third-order valence-corrected chi connectivity index (χ3v) is 9.44. The first-order valence-corrected chi connectivity index (χ1v) is 13.6. The summed E-state index contributed by atoms with van der Waals surface area (Å²) in [5.41, 5.74) is 1.47. The normalized spacial score (nSPS) is 16.7. The first kappa shape index (κ1) is 22.2. The number of nitrogens with one attached hydrogen (secondary N) is 1. The van der Waals surface area contributed by atoms with Crippen LogP contribution in [0.5, 0.6) is 0 Å². The van der Waals surface area contributed by atoms with E-state index in [9.17, 15) is 18.0 Å². The SMILES string of the molecule is O=C(CCn1cnc2sc3c(c2c1=O)CCCC3)Nc1cccc(S(=O)(=O)N2CCCC2)c1. The Morgan fingerprint density at radius 1 is 1.12 bits per heavy atom. The molecule has 2 aromatic heterocycles. The molecular formula is C23H26N4O4S2. The van der Waals surface area contributed by atoms with Crippen LogP contribution in [0.15, 0.2) is 40.3 Å². The predicted octanol–water partition coefficient (Wildman–Crippen LogP) is 3.15. The van der Waals surface area contributed by atoms with Gasteiger partial charge in [-0.3, -0.25) is 14.2 Å². The second-order valence-corrected chi connectivity index (χ2v) is 11.6. The molecule has 174 valence electrons. The number of carbonyl (C=O) groups excluding carboxylic acids is 1. The van der Waals surface area contributed by atoms with Crippen LogP contribution in [-0.2, 0) is 34.2 Å². The van der Waals surface area contributed by atoms with Gasteiger partial charge in [-0.2, -0.15) is 4.31 Å². The minimum atomic E-state index is -3.55. The summed E-state index contributed by atoms with van der Waals surface area (Å²) in [5.74, 6) is -0.287. The lowest BCUT2D eigenvalue weighted by atomic mass is 9.97. The molecule has 1 aromatic carbocycles. The van der Waals surface area contributed by atoms with Gasteiger partial charge in [0.1, 0.15) is 4.83 Å². The standard InChI is InChI=1S/C23H26N4O4S2/c28-20(25-16-6-5-7-17(14-16)33(30,31)27-11-3-4-12-27)10-13-26-15-24-22-21(23(26)29)18-8-1-2-9-19(18)32-22/h5-7,14-15H,1-4,8-13H2,(H,25,28). The second-order valence-electron chi connectivity index (χ2n) is 8.57. The highest BCUT2D eigenvalue weighted by Crippen LogP contribution is 2.33. The van der Waals surface area contributed by atoms with E-state index in [1.807, 2.05) is 0 Å². The molecule has 1 amide bonds. The highest BCUT2D eigenvalue weighted by molar-refractivity contribution is 7.89. The van der Waals surface area contributed by atoms with Crippen LogP contribution in [0.25, 0.3) is 10.2 Å². The summed E-state index contributed by atoms with van der Waals surface area (Å²) in [4.78, 5) is 32.3. The Bertz CT molecular complexity index is 1370. The Morgan fingerprint density at radius 2 is 1.91 bits per heavy atom. The summed E-state index contributed by atoms with van der Waals surface area (Å²) < 4.78 is 28.5. The van der Waals surface area contributed by atoms with Crippen molar-refractivity contribution in [1.29, 1.82) is 0 Å². The molecule has 33 heavy (non-hydrogen) atoms. The zero-order chi connectivity index (χ0) is 23.0. The van der Waals surface area contributed by atoms with Crippen molar-refractivity contribution in [1.82, 2.24) is 13.9 Å². The molecule has 3 aromatic rings. The van der Waals surface area contributed by atoms with Crippen molar-refractivity contribution in [2.75, 3.05) is 18.4 Å². The van der Waals surface area contributed by atoms with Gasteiger partial charge in [-0.15, -0.1) is 11.3 Å². The lowest BCUT2D eigenvalue weighted by Crippen LogP contribution is -2.28. The zero-order valence-electron chi connectivity index (χ0n) is 18.2. The van der Waals surface area contributed by atoms with Crippen molar-refractivity contribution in [3.63, 3.8) is 0 Å². The average molecular weight is 487 g/mol. The van der Waals surface area contributed by atoms with Crippen molar-refractivity contribution >= 4 is 43.2 Å². The number of anilines is 1. The number of hydrogen-bond acceptors (Lipinski definition) is 6. The minimum Gasteiger partial charge on any atom is -0.326 e. The van der Waals surface area contributed by atoms with E-state index in [1.165, 1.54) is 26.1 Å². The molecule has 0 unspecified atom stereocenters. The first-order chi connectivity index (χ1) is 15.9. The maximum atomic E-state index is 13.0. The molecule has 0 saturated carbocycles. The third-order valence-electron chi connectivity index (χ3n) is 6.34. The predicted molar refractivity (Wildman–Crippen MR) is 128 cm³/mol. The van der Waals surface area contributed by atoms with Gasteiger partial charge in [-0.05, 0) is 62.3 Å². The number of sulfonamides is 1. The molecule has 1 fully saturated rings. The fraction of sp³-hybridized carbons (Fsp3) is 0.435. The van der Waals surface area contributed by atoms with Crippen molar-refractivity contribution in [3.05, 3.63) is 51.4 Å². The molecule has 10 heteroatoms. The van der Waals surface area contributed by atoms with E-state index in [-0.39, 0.29) is 29.3 Å². The molecular weight excluding hydrogens is 460 g/mol. The number of aromatic nitrogens is 2. The van der Waals surface area contributed by atoms with Crippen LogP contribution in [0.3, 0.4) is 0 Å². The fourth-order valence-electron chi connectivity index (χ4n) is 4.60. The summed E-state index contributed by atoms with van der Waals surface area (Å²) >= 11 is 1.60. The lowest BCUT2D eigenvalue weighted by molar-refractivity contribution is -0.116. The molecule has 3 heterocycles. The van der Waals surface area contributed by atoms with Crippen LogP contribution in [0.4, 0.5) is 5.69 Å². The maximum Gasteiger partial charge on any atom is 0.262 e. The molecule has 0 atom stereocenters. The van der Waals surface area contributed by atoms with Gasteiger partial charge in [0.2, 0.25) is 15.9 Å². The Hall–Kier alpha value is -2.56. The number of fused-ring (bicyclic) bond motifs is 3. The summed E-state index contributed by atoms with van der Waals surface area (Å²) in [5, 5.41) is 3.47. The van der Waals surface area contributed by atoms with Crippen LogP contribution < -0.4 is 10.9 Å². The van der Waals surface area contributed by atoms with Crippen molar-refractivity contribution in [3.8, 4) is 0 Å². The number of hydrogen-bond donors (Lipinski definition) is 1. The number of aryl methyl sites for hydroxylation is 3. The molecule has 0 radical (unpaired) electrons. The first-order valence-electron chi connectivity index (χ1n) is 11.3. The van der Waals surface area contributed by atoms with Crippen LogP contribution in [0.2, 0.25) is 0 Å². The van der Waals surface area contributed by atoms with E-state index in [0.717, 1.165) is 48.9 Å². The second kappa shape index (κ2) is 9.00. The van der Waals surface area contributed by atoms with Gasteiger partial charge >= 0.3 is 0 Å². The highest BCUT2D eigenvalue weighted by Gasteiger charge is 2.27. The topological polar surface area (TPSA) is 101 Å². The van der Waals surface area contributed by atoms with Crippen LogP contribution in [-0.4, -0.2) is 41.3 Å². The van der Waals surface area contributed by atoms with Crippen LogP contribution in [0, 0.1) is 0 Å². The third kappa shape index (κ3) is 4.34. The minimum absolute atomic E-state index is 0.0858. The summed E-state index contributed by atoms with van der Waals surface area (Å²) in [6, 6.07) is 6.33. The fourth-order valence-corrected chi connectivity index (χ4v) is 7.38. The van der Waals surface area contributed by atoms with Gasteiger partial charge in [0.25, 0.3) is 5.56 Å². The molecule has 2 aliphatic rings. The van der Waals surface area contributed by atoms with Crippen molar-refractivity contribution in [2.45, 2.75) is 56.4 Å². The number of rotatable bonds is 6. The van der Waals surface area contributed by atoms with E-state index in [0.29, 0.717) is 24.2 Å². The van der Waals surface area contributed by atoms with E-state index in [2.05, 4.69) is 10.3 Å². The van der Waals surface area contributed by atoms with Gasteiger partial charge in [0.05, 0.1) is 16.6 Å². The Morgan fingerprint density at radius 3 is 2.73 bits per heavy atom. The van der Waals surface area contributed by atoms with E-state index in [4.69, 9.17) is 0 Å². The Kier molecular flexibility index (Phi) is 6.07. The number of thiophene rings is 1. The summed E-state index contributed by atoms with van der Waals surface area (Å²) in [6.45, 7) is 1.27. The van der Waals surface area contributed by atoms with Crippen LogP contribution >= 0.6 is 11.3 Å². The van der Waals surface area contributed by atoms with Crippen LogP contribution in [0.1, 0.15) is 42.5 Å². The van der Waals surface area contributed by atoms with E-state index < -0.39 is 10.0 Å². The Balaban J connectivity index is 1.28. The summed E-state index contributed by atoms with van der Waals surface area (Å²) in [7, 11) is -3.55.